The molecule has 0 aliphatic heterocycles. The zero-order chi connectivity index (χ0) is 97.9. The topological polar surface area (TPSA) is 56.5 Å². The molecule has 0 radical (unpaired) electrons. The number of para-hydroxylation sites is 2. The second-order valence-corrected chi connectivity index (χ2v) is 44.4. The second kappa shape index (κ2) is 39.2. The van der Waals surface area contributed by atoms with E-state index >= 15 is 0 Å². The van der Waals surface area contributed by atoms with Crippen LogP contribution >= 0.6 is 11.3 Å². The minimum atomic E-state index is -0.405. The van der Waals surface area contributed by atoms with Crippen molar-refractivity contribution in [1.82, 2.24) is 24.5 Å². The smallest absolute Gasteiger partial charge is 0.163 e. The molecule has 23 rings (SSSR count). The summed E-state index contributed by atoms with van der Waals surface area (Å²) in [5.74, 6) is 2.25. The average molecular weight is 1840 g/mol. The van der Waals surface area contributed by atoms with Crippen LogP contribution < -0.4 is 0 Å². The molecule has 3 aliphatic carbocycles. The maximum absolute atomic E-state index is 4.68. The summed E-state index contributed by atoms with van der Waals surface area (Å²) in [6, 6.07) is 156. The number of thiophene rings is 1. The lowest BCUT2D eigenvalue weighted by molar-refractivity contribution is 0.543. The molecule has 0 saturated heterocycles. The highest BCUT2D eigenvalue weighted by atomic mass is 32.1. The van der Waals surface area contributed by atoms with Crippen molar-refractivity contribution >= 4 is 33.1 Å². The minimum Gasteiger partial charge on any atom is -0.309 e. The van der Waals surface area contributed by atoms with Crippen molar-refractivity contribution in [3.05, 3.63) is 521 Å². The lowest BCUT2D eigenvalue weighted by Crippen LogP contribution is -2.43. The van der Waals surface area contributed by atoms with Crippen molar-refractivity contribution < 1.29 is 0 Å². The third kappa shape index (κ3) is 19.4. The molecule has 3 aliphatic rings. The lowest BCUT2D eigenvalue weighted by Gasteiger charge is -2.49. The molecule has 140 heavy (non-hydrogen) atoms. The highest BCUT2D eigenvalue weighted by molar-refractivity contribution is 7.18. The van der Waals surface area contributed by atoms with Gasteiger partial charge in [-0.3, -0.25) is 4.98 Å². The number of fused-ring (bicyclic) bond motifs is 19. The first-order valence-electron chi connectivity index (χ1n) is 49.3. The zero-order valence-electron chi connectivity index (χ0n) is 84.3. The van der Waals surface area contributed by atoms with Gasteiger partial charge >= 0.3 is 0 Å². The molecular formula is C134H127N5S. The van der Waals surface area contributed by atoms with E-state index in [1.54, 1.807) is 0 Å². The summed E-state index contributed by atoms with van der Waals surface area (Å²) in [5.41, 5.74) is 36.7. The average Bonchev–Trinajstić information content (AvgIpc) is 1.47. The number of nitrogens with zero attached hydrogens (tertiary/aromatic N) is 5. The molecule has 694 valence electrons. The Balaban J connectivity index is 0.000000116. The van der Waals surface area contributed by atoms with Gasteiger partial charge in [0, 0.05) is 55.1 Å². The molecule has 4 aromatic heterocycles. The highest BCUT2D eigenvalue weighted by Gasteiger charge is 2.59. The van der Waals surface area contributed by atoms with Crippen LogP contribution in [0.3, 0.4) is 0 Å². The molecule has 5 nitrogen and oxygen atoms in total. The van der Waals surface area contributed by atoms with Crippen molar-refractivity contribution in [2.75, 3.05) is 0 Å². The fourth-order valence-electron chi connectivity index (χ4n) is 20.1. The first-order chi connectivity index (χ1) is 67.3. The van der Waals surface area contributed by atoms with E-state index in [-0.39, 0.29) is 37.9 Å². The summed E-state index contributed by atoms with van der Waals surface area (Å²) in [7, 11) is 0. The van der Waals surface area contributed by atoms with Gasteiger partial charge in [-0.2, -0.15) is 0 Å². The third-order valence-corrected chi connectivity index (χ3v) is 28.7. The summed E-state index contributed by atoms with van der Waals surface area (Å²) in [4.78, 5) is 20.6. The van der Waals surface area contributed by atoms with Crippen LogP contribution in [-0.2, 0) is 43.3 Å². The fraction of sp³-hybridized carbons (Fsp3) is 0.194. The number of benzene rings is 16. The van der Waals surface area contributed by atoms with Crippen molar-refractivity contribution in [2.24, 2.45) is 0 Å². The molecule has 16 aromatic carbocycles. The van der Waals surface area contributed by atoms with Crippen LogP contribution in [0.5, 0.6) is 0 Å². The number of hydrogen-bond donors (Lipinski definition) is 0. The van der Waals surface area contributed by atoms with Crippen LogP contribution in [-0.4, -0.2) is 24.5 Å². The number of aromatic nitrogens is 5. The maximum Gasteiger partial charge on any atom is 0.163 e. The molecule has 0 bridgehead atoms. The Bertz CT molecular complexity index is 7320. The van der Waals surface area contributed by atoms with E-state index in [1.807, 2.05) is 84.4 Å². The Kier molecular flexibility index (Phi) is 26.8. The van der Waals surface area contributed by atoms with Crippen LogP contribution in [0.2, 0.25) is 0 Å². The Morgan fingerprint density at radius 3 is 0.879 bits per heavy atom. The standard InChI is InChI=1S/C42H32.C22H21N.C22H22.C20H20S.C19H19N3.C9H13N/c1-40(2,3)27-24-25-31-30-16-6-9-19-34(30)42(39(31)26-27)37-22-12-10-20-35(37)41(36-21-11-13-23-38(36)42)32-17-7-4-14-28(32)29-15-5-8-18-33(29)41;1-22(2,3)16-12-14-17(15-13-16)23-20-10-6-4-8-18(20)19-9-5-7-11-21(19)23;1-22(2,3)21-15-19(17-10-6-4-7-11-17)14-20(16-21)18-12-8-5-9-13-18;1-20(2,3)17-11-9-16(10-12-17)19-14-13-18(21-19)15-7-5-4-6-8-15;1-19(2,3)18-21-16(14-10-6-4-7-11-14)20-17(22-18)15-12-8-5-9-13-15;1-9(2,3)8-4-6-10-7-5-8/h4-26H,1-3H3;4-15H,1-3H3;4-16H,1-3H3;4-14H,1-3H3;4-13H,1-3H3;4-7H,1-3H3. The summed E-state index contributed by atoms with van der Waals surface area (Å²) < 4.78 is 2.36. The van der Waals surface area contributed by atoms with Gasteiger partial charge in [0.1, 0.15) is 5.82 Å². The fourth-order valence-corrected chi connectivity index (χ4v) is 21.1. The van der Waals surface area contributed by atoms with Crippen molar-refractivity contribution in [1.29, 1.82) is 0 Å². The third-order valence-electron chi connectivity index (χ3n) is 27.5. The van der Waals surface area contributed by atoms with Gasteiger partial charge in [-0.1, -0.05) is 501 Å². The van der Waals surface area contributed by atoms with E-state index in [0.29, 0.717) is 0 Å². The van der Waals surface area contributed by atoms with Crippen LogP contribution in [0.4, 0.5) is 0 Å². The Morgan fingerprint density at radius 2 is 0.507 bits per heavy atom. The number of pyridine rings is 1. The quantitative estimate of drug-likeness (QED) is 0.160. The lowest BCUT2D eigenvalue weighted by atomic mass is 9.52. The van der Waals surface area contributed by atoms with Gasteiger partial charge in [-0.05, 0) is 210 Å². The van der Waals surface area contributed by atoms with Crippen LogP contribution in [0.25, 0.3) is 116 Å². The molecule has 0 unspecified atom stereocenters. The van der Waals surface area contributed by atoms with E-state index in [0.717, 1.165) is 28.6 Å². The Hall–Kier alpha value is -14.8. The van der Waals surface area contributed by atoms with E-state index in [9.17, 15) is 0 Å². The molecule has 20 aromatic rings. The summed E-state index contributed by atoms with van der Waals surface area (Å²) >= 11 is 1.85. The summed E-state index contributed by atoms with van der Waals surface area (Å²) in [5, 5.41) is 2.62. The normalized spacial score (nSPS) is 12.9. The molecule has 0 amide bonds. The minimum absolute atomic E-state index is 0.0449. The van der Waals surface area contributed by atoms with Gasteiger partial charge in [-0.25, -0.2) is 15.0 Å². The second-order valence-electron chi connectivity index (χ2n) is 43.3. The van der Waals surface area contributed by atoms with E-state index in [1.165, 1.54) is 165 Å². The predicted molar refractivity (Wildman–Crippen MR) is 595 cm³/mol. The van der Waals surface area contributed by atoms with Crippen LogP contribution in [0.15, 0.2) is 443 Å². The molecule has 2 spiro atoms. The molecule has 0 atom stereocenters. The number of hydrogen-bond acceptors (Lipinski definition) is 5. The first kappa shape index (κ1) is 95.5. The van der Waals surface area contributed by atoms with Crippen LogP contribution in [0.1, 0.15) is 203 Å². The summed E-state index contributed by atoms with van der Waals surface area (Å²) in [6.45, 7) is 40.2. The summed E-state index contributed by atoms with van der Waals surface area (Å²) in [6.07, 6.45) is 3.67. The van der Waals surface area contributed by atoms with Crippen molar-refractivity contribution in [2.45, 2.75) is 168 Å². The molecular weight excluding hydrogens is 1710 g/mol. The Labute approximate surface area is 834 Å². The van der Waals surface area contributed by atoms with Gasteiger partial charge in [0.25, 0.3) is 0 Å². The van der Waals surface area contributed by atoms with Gasteiger partial charge in [0.2, 0.25) is 0 Å². The van der Waals surface area contributed by atoms with Gasteiger partial charge in [0.15, 0.2) is 11.6 Å². The molecule has 4 heterocycles. The van der Waals surface area contributed by atoms with Gasteiger partial charge in [-0.15, -0.1) is 11.3 Å². The maximum atomic E-state index is 4.68. The molecule has 0 N–H and O–H groups in total. The zero-order valence-corrected chi connectivity index (χ0v) is 85.1. The molecule has 6 heteroatoms. The first-order valence-corrected chi connectivity index (χ1v) is 50.1. The van der Waals surface area contributed by atoms with Crippen molar-refractivity contribution in [3.8, 4) is 93.9 Å². The monoisotopic (exact) mass is 1840 g/mol. The largest absolute Gasteiger partial charge is 0.309 e. The van der Waals surface area contributed by atoms with Crippen molar-refractivity contribution in [3.63, 3.8) is 0 Å². The number of rotatable bonds is 7. The van der Waals surface area contributed by atoms with Gasteiger partial charge in [0.05, 0.1) is 21.9 Å². The van der Waals surface area contributed by atoms with Gasteiger partial charge < -0.3 is 4.57 Å². The molecule has 0 fully saturated rings. The highest BCUT2D eigenvalue weighted by Crippen LogP contribution is 2.68. The van der Waals surface area contributed by atoms with E-state index < -0.39 is 5.41 Å². The Morgan fingerprint density at radius 1 is 0.207 bits per heavy atom. The van der Waals surface area contributed by atoms with E-state index in [2.05, 4.69) is 519 Å². The SMILES string of the molecule is CC(C)(C)c1cc(-c2ccccc2)cc(-c2ccccc2)c1.CC(C)(C)c1ccc(-c2ccc(-c3ccccc3)s2)cc1.CC(C)(C)c1ccc(-n2c3ccccc3c3ccccc32)cc1.CC(C)(C)c1ccc2c(c1)C1(c3ccccc3-2)c2ccccc2C2(c3ccccc3-c3ccccc32)c2ccccc21.CC(C)(C)c1ccncc1.CC(C)(C)c1nc(-c2ccccc2)nc(-c2ccccc2)n1. The predicted octanol–water partition coefficient (Wildman–Crippen LogP) is 35.7. The molecule has 0 saturated carbocycles. The van der Waals surface area contributed by atoms with E-state index in [4.69, 9.17) is 0 Å². The van der Waals surface area contributed by atoms with Crippen LogP contribution in [0, 0.1) is 0 Å².